The lowest BCUT2D eigenvalue weighted by atomic mass is 9.76. The molecule has 3 rings (SSSR count). The number of hydrogen-bond acceptors (Lipinski definition) is 0. The topological polar surface area (TPSA) is 0 Å². The van der Waals surface area contributed by atoms with Crippen LogP contribution in [0.5, 0.6) is 0 Å². The van der Waals surface area contributed by atoms with Crippen LogP contribution < -0.4 is 0 Å². The van der Waals surface area contributed by atoms with Gasteiger partial charge < -0.3 is 0 Å². The molecular formula is C19H20BrCl. The van der Waals surface area contributed by atoms with Crippen LogP contribution in [0.25, 0.3) is 0 Å². The Morgan fingerprint density at radius 1 is 1.00 bits per heavy atom. The lowest BCUT2D eigenvalue weighted by molar-refractivity contribution is 0.335. The highest BCUT2D eigenvalue weighted by Gasteiger charge is 2.29. The van der Waals surface area contributed by atoms with Crippen LogP contribution in [0, 0.1) is 5.92 Å². The van der Waals surface area contributed by atoms with E-state index in [0.717, 1.165) is 11.4 Å². The van der Waals surface area contributed by atoms with Crippen LogP contribution >= 0.6 is 27.5 Å². The predicted molar refractivity (Wildman–Crippen MR) is 94.4 cm³/mol. The van der Waals surface area contributed by atoms with Crippen molar-refractivity contribution >= 4 is 27.5 Å². The van der Waals surface area contributed by atoms with E-state index in [-0.39, 0.29) is 0 Å². The van der Waals surface area contributed by atoms with Crippen LogP contribution in [0.3, 0.4) is 0 Å². The van der Waals surface area contributed by atoms with E-state index in [2.05, 4.69) is 64.5 Å². The second kappa shape index (κ2) is 6.98. The van der Waals surface area contributed by atoms with E-state index >= 15 is 0 Å². The molecule has 0 heterocycles. The van der Waals surface area contributed by atoms with Crippen molar-refractivity contribution in [3.8, 4) is 0 Å². The zero-order valence-electron chi connectivity index (χ0n) is 12.0. The second-order valence-electron chi connectivity index (χ2n) is 6.03. The van der Waals surface area contributed by atoms with Crippen molar-refractivity contribution in [2.75, 3.05) is 0 Å². The highest BCUT2D eigenvalue weighted by molar-refractivity contribution is 9.09. The first kappa shape index (κ1) is 15.1. The summed E-state index contributed by atoms with van der Waals surface area (Å²) in [6.07, 6.45) is 4.91. The average molecular weight is 364 g/mol. The standard InChI is InChI=1S/C19H20BrCl/c20-19-10-9-16(15-6-2-1-3-7-15)13-17(19)11-14-5-4-8-18(21)12-14/h1-8,12,16-17,19H,9-11,13H2. The third kappa shape index (κ3) is 3.90. The monoisotopic (exact) mass is 362 g/mol. The largest absolute Gasteiger partial charge is 0.0888 e. The van der Waals surface area contributed by atoms with E-state index in [1.54, 1.807) is 0 Å². The fraction of sp³-hybridized carbons (Fsp3) is 0.368. The van der Waals surface area contributed by atoms with Crippen LogP contribution in [0.1, 0.15) is 36.3 Å². The molecule has 3 unspecified atom stereocenters. The van der Waals surface area contributed by atoms with Gasteiger partial charge in [-0.25, -0.2) is 0 Å². The molecule has 0 aromatic heterocycles. The predicted octanol–water partition coefficient (Wildman–Crippen LogP) is 6.23. The Morgan fingerprint density at radius 2 is 1.81 bits per heavy atom. The molecule has 0 nitrogen and oxygen atoms in total. The lowest BCUT2D eigenvalue weighted by Gasteiger charge is -2.33. The molecule has 1 aliphatic carbocycles. The summed E-state index contributed by atoms with van der Waals surface area (Å²) in [5.74, 6) is 1.38. The molecular weight excluding hydrogens is 344 g/mol. The number of hydrogen-bond donors (Lipinski definition) is 0. The Labute approximate surface area is 140 Å². The number of rotatable bonds is 3. The van der Waals surface area contributed by atoms with Crippen molar-refractivity contribution in [1.82, 2.24) is 0 Å². The van der Waals surface area contributed by atoms with Gasteiger partial charge in [0.15, 0.2) is 0 Å². The summed E-state index contributed by atoms with van der Waals surface area (Å²) in [6, 6.07) is 19.3. The van der Waals surface area contributed by atoms with Crippen LogP contribution in [-0.4, -0.2) is 4.83 Å². The van der Waals surface area contributed by atoms with Gasteiger partial charge in [-0.3, -0.25) is 0 Å². The SMILES string of the molecule is Clc1cccc(CC2CC(c3ccccc3)CCC2Br)c1. The second-order valence-corrected chi connectivity index (χ2v) is 7.64. The maximum absolute atomic E-state index is 6.11. The molecule has 1 fully saturated rings. The molecule has 110 valence electrons. The molecule has 0 saturated heterocycles. The highest BCUT2D eigenvalue weighted by Crippen LogP contribution is 2.40. The Morgan fingerprint density at radius 3 is 2.57 bits per heavy atom. The molecule has 0 bridgehead atoms. The molecule has 21 heavy (non-hydrogen) atoms. The number of halogens is 2. The maximum Gasteiger partial charge on any atom is 0.0408 e. The highest BCUT2D eigenvalue weighted by atomic mass is 79.9. The Kier molecular flexibility index (Phi) is 5.03. The summed E-state index contributed by atoms with van der Waals surface area (Å²) in [5.41, 5.74) is 2.85. The van der Waals surface area contributed by atoms with Gasteiger partial charge in [-0.1, -0.05) is 70.0 Å². The zero-order valence-corrected chi connectivity index (χ0v) is 14.4. The fourth-order valence-electron chi connectivity index (χ4n) is 3.43. The lowest BCUT2D eigenvalue weighted by Crippen LogP contribution is -2.25. The Hall–Kier alpha value is -0.790. The third-order valence-electron chi connectivity index (χ3n) is 4.55. The van der Waals surface area contributed by atoms with Crippen molar-refractivity contribution in [1.29, 1.82) is 0 Å². The van der Waals surface area contributed by atoms with Gasteiger partial charge in [-0.05, 0) is 60.8 Å². The van der Waals surface area contributed by atoms with Gasteiger partial charge in [0.25, 0.3) is 0 Å². The van der Waals surface area contributed by atoms with E-state index in [9.17, 15) is 0 Å². The van der Waals surface area contributed by atoms with Gasteiger partial charge in [-0.2, -0.15) is 0 Å². The quantitative estimate of drug-likeness (QED) is 0.567. The summed E-state index contributed by atoms with van der Waals surface area (Å²) >= 11 is 10.0. The van der Waals surface area contributed by atoms with Gasteiger partial charge in [-0.15, -0.1) is 0 Å². The molecule has 0 aliphatic heterocycles. The Bertz CT molecular complexity index is 581. The molecule has 2 aromatic rings. The van der Waals surface area contributed by atoms with Crippen molar-refractivity contribution < 1.29 is 0 Å². The fourth-order valence-corrected chi connectivity index (χ4v) is 4.31. The van der Waals surface area contributed by atoms with E-state index in [0.29, 0.717) is 16.7 Å². The van der Waals surface area contributed by atoms with E-state index < -0.39 is 0 Å². The smallest absolute Gasteiger partial charge is 0.0408 e. The van der Waals surface area contributed by atoms with Crippen molar-refractivity contribution in [2.45, 2.75) is 36.4 Å². The number of benzene rings is 2. The molecule has 0 amide bonds. The van der Waals surface area contributed by atoms with E-state index in [1.807, 2.05) is 6.07 Å². The van der Waals surface area contributed by atoms with Crippen LogP contribution in [0.15, 0.2) is 54.6 Å². The first-order valence-electron chi connectivity index (χ1n) is 7.66. The molecule has 2 heteroatoms. The first-order chi connectivity index (χ1) is 10.2. The summed E-state index contributed by atoms with van der Waals surface area (Å²) in [4.78, 5) is 0.622. The number of alkyl halides is 1. The van der Waals surface area contributed by atoms with Gasteiger partial charge >= 0.3 is 0 Å². The summed E-state index contributed by atoms with van der Waals surface area (Å²) in [7, 11) is 0. The van der Waals surface area contributed by atoms with Crippen molar-refractivity contribution in [3.63, 3.8) is 0 Å². The normalized spacial score (nSPS) is 25.7. The average Bonchev–Trinajstić information content (AvgIpc) is 2.50. The molecule has 2 aromatic carbocycles. The van der Waals surface area contributed by atoms with Crippen LogP contribution in [0.2, 0.25) is 5.02 Å². The molecule has 0 radical (unpaired) electrons. The van der Waals surface area contributed by atoms with E-state index in [4.69, 9.17) is 11.6 Å². The molecule has 0 N–H and O–H groups in total. The Balaban J connectivity index is 1.72. The van der Waals surface area contributed by atoms with Crippen LogP contribution in [-0.2, 0) is 6.42 Å². The zero-order chi connectivity index (χ0) is 14.7. The third-order valence-corrected chi connectivity index (χ3v) is 5.99. The van der Waals surface area contributed by atoms with Crippen molar-refractivity contribution in [3.05, 3.63) is 70.7 Å². The minimum atomic E-state index is 0.622. The summed E-state index contributed by atoms with van der Waals surface area (Å²) < 4.78 is 0. The summed E-state index contributed by atoms with van der Waals surface area (Å²) in [5, 5.41) is 0.842. The van der Waals surface area contributed by atoms with Gasteiger partial charge in [0, 0.05) is 9.85 Å². The van der Waals surface area contributed by atoms with Gasteiger partial charge in [0.2, 0.25) is 0 Å². The first-order valence-corrected chi connectivity index (χ1v) is 8.95. The van der Waals surface area contributed by atoms with Gasteiger partial charge in [0.05, 0.1) is 0 Å². The molecule has 1 saturated carbocycles. The molecule has 1 aliphatic rings. The maximum atomic E-state index is 6.11. The molecule has 3 atom stereocenters. The van der Waals surface area contributed by atoms with Crippen molar-refractivity contribution in [2.24, 2.45) is 5.92 Å². The van der Waals surface area contributed by atoms with Gasteiger partial charge in [0.1, 0.15) is 0 Å². The minimum absolute atomic E-state index is 0.622. The summed E-state index contributed by atoms with van der Waals surface area (Å²) in [6.45, 7) is 0. The van der Waals surface area contributed by atoms with Crippen LogP contribution in [0.4, 0.5) is 0 Å². The molecule has 0 spiro atoms. The van der Waals surface area contributed by atoms with E-state index in [1.165, 1.54) is 30.4 Å². The minimum Gasteiger partial charge on any atom is -0.0888 e.